The van der Waals surface area contributed by atoms with Crippen molar-refractivity contribution in [2.24, 2.45) is 0 Å². The molecule has 0 bridgehead atoms. The van der Waals surface area contributed by atoms with E-state index in [1.807, 2.05) is 6.08 Å². The summed E-state index contributed by atoms with van der Waals surface area (Å²) in [7, 11) is 0. The third-order valence-corrected chi connectivity index (χ3v) is 7.28. The van der Waals surface area contributed by atoms with Gasteiger partial charge in [0, 0.05) is 6.42 Å². The topological polar surface area (TPSA) is 69.6 Å². The average molecular weight is 560 g/mol. The highest BCUT2D eigenvalue weighted by Crippen LogP contribution is 2.12. The Labute approximate surface area is 248 Å². The van der Waals surface area contributed by atoms with Gasteiger partial charge in [-0.3, -0.25) is 4.79 Å². The van der Waals surface area contributed by atoms with Crippen LogP contribution in [0.25, 0.3) is 0 Å². The fraction of sp³-hybridized carbons (Fsp3) is 0.750. The van der Waals surface area contributed by atoms with Gasteiger partial charge in [0.2, 0.25) is 5.91 Å². The SMILES string of the molecule is CCCCC/C=C\C/C=C\CCCCCCCCCCCC(=O)NC(CO)C(O)/C=C/CC/C=C/CCCCC. The summed E-state index contributed by atoms with van der Waals surface area (Å²) in [5.74, 6) is -0.0847. The fourth-order valence-corrected chi connectivity index (χ4v) is 4.63. The van der Waals surface area contributed by atoms with Crippen LogP contribution in [0.5, 0.6) is 0 Å². The minimum absolute atomic E-state index is 0.0847. The summed E-state index contributed by atoms with van der Waals surface area (Å²) < 4.78 is 0. The third kappa shape index (κ3) is 27.9. The number of aliphatic hydroxyl groups excluding tert-OH is 2. The van der Waals surface area contributed by atoms with Crippen molar-refractivity contribution in [1.82, 2.24) is 5.32 Å². The first-order chi connectivity index (χ1) is 19.7. The normalized spacial score (nSPS) is 13.8. The Morgan fingerprint density at radius 2 is 1.05 bits per heavy atom. The highest BCUT2D eigenvalue weighted by molar-refractivity contribution is 5.76. The number of hydrogen-bond donors (Lipinski definition) is 3. The molecule has 2 atom stereocenters. The molecule has 3 N–H and O–H groups in total. The Hall–Kier alpha value is -1.65. The summed E-state index contributed by atoms with van der Waals surface area (Å²) in [5.41, 5.74) is 0. The smallest absolute Gasteiger partial charge is 0.220 e. The van der Waals surface area contributed by atoms with E-state index in [1.165, 1.54) is 96.3 Å². The zero-order valence-corrected chi connectivity index (χ0v) is 26.3. The van der Waals surface area contributed by atoms with Gasteiger partial charge in [0.25, 0.3) is 0 Å². The lowest BCUT2D eigenvalue weighted by Gasteiger charge is -2.19. The van der Waals surface area contributed by atoms with Crippen molar-refractivity contribution < 1.29 is 15.0 Å². The van der Waals surface area contributed by atoms with Crippen molar-refractivity contribution >= 4 is 5.91 Å². The van der Waals surface area contributed by atoms with Crippen LogP contribution in [0.4, 0.5) is 0 Å². The summed E-state index contributed by atoms with van der Waals surface area (Å²) in [6, 6.07) is -0.638. The highest BCUT2D eigenvalue weighted by Gasteiger charge is 2.17. The summed E-state index contributed by atoms with van der Waals surface area (Å²) in [5, 5.41) is 22.7. The molecule has 0 fully saturated rings. The molecule has 0 aliphatic carbocycles. The van der Waals surface area contributed by atoms with Crippen molar-refractivity contribution in [2.45, 2.75) is 167 Å². The number of hydrogen-bond acceptors (Lipinski definition) is 3. The van der Waals surface area contributed by atoms with E-state index >= 15 is 0 Å². The van der Waals surface area contributed by atoms with Crippen LogP contribution in [-0.4, -0.2) is 34.9 Å². The van der Waals surface area contributed by atoms with Gasteiger partial charge < -0.3 is 15.5 Å². The number of amides is 1. The number of allylic oxidation sites excluding steroid dienone is 7. The predicted octanol–water partition coefficient (Wildman–Crippen LogP) is 9.67. The summed E-state index contributed by atoms with van der Waals surface area (Å²) in [6.07, 6.45) is 41.9. The molecule has 4 heteroatoms. The molecule has 2 unspecified atom stereocenters. The molecule has 1 amide bonds. The Morgan fingerprint density at radius 3 is 1.60 bits per heavy atom. The molecule has 40 heavy (non-hydrogen) atoms. The van der Waals surface area contributed by atoms with Crippen LogP contribution >= 0.6 is 0 Å². The van der Waals surface area contributed by atoms with Gasteiger partial charge in [-0.25, -0.2) is 0 Å². The lowest BCUT2D eigenvalue weighted by molar-refractivity contribution is -0.123. The molecule has 0 aliphatic heterocycles. The van der Waals surface area contributed by atoms with Gasteiger partial charge in [-0.05, 0) is 64.2 Å². The van der Waals surface area contributed by atoms with Gasteiger partial charge in [0.05, 0.1) is 18.8 Å². The molecule has 0 saturated heterocycles. The molecular formula is C36H65NO3. The molecule has 0 aliphatic rings. The zero-order valence-electron chi connectivity index (χ0n) is 26.3. The molecular weight excluding hydrogens is 494 g/mol. The van der Waals surface area contributed by atoms with Gasteiger partial charge in [0.1, 0.15) is 0 Å². The molecule has 4 nitrogen and oxygen atoms in total. The minimum Gasteiger partial charge on any atom is -0.394 e. The number of rotatable bonds is 29. The van der Waals surface area contributed by atoms with Gasteiger partial charge >= 0.3 is 0 Å². The van der Waals surface area contributed by atoms with Crippen molar-refractivity contribution in [3.05, 3.63) is 48.6 Å². The second kappa shape index (κ2) is 31.9. The Kier molecular flexibility index (Phi) is 30.6. The highest BCUT2D eigenvalue weighted by atomic mass is 16.3. The van der Waals surface area contributed by atoms with Crippen molar-refractivity contribution in [1.29, 1.82) is 0 Å². The van der Waals surface area contributed by atoms with Crippen LogP contribution in [-0.2, 0) is 4.79 Å². The predicted molar refractivity (Wildman–Crippen MR) is 175 cm³/mol. The van der Waals surface area contributed by atoms with Crippen LogP contribution in [0.15, 0.2) is 48.6 Å². The Morgan fingerprint density at radius 1 is 0.600 bits per heavy atom. The van der Waals surface area contributed by atoms with Gasteiger partial charge in [-0.1, -0.05) is 133 Å². The second-order valence-corrected chi connectivity index (χ2v) is 11.2. The maximum absolute atomic E-state index is 12.2. The minimum atomic E-state index is -0.860. The maximum atomic E-state index is 12.2. The lowest BCUT2D eigenvalue weighted by Crippen LogP contribution is -2.45. The Balaban J connectivity index is 3.65. The largest absolute Gasteiger partial charge is 0.394 e. The molecule has 0 aromatic carbocycles. The molecule has 0 saturated carbocycles. The van der Waals surface area contributed by atoms with E-state index in [1.54, 1.807) is 6.08 Å². The summed E-state index contributed by atoms with van der Waals surface area (Å²) in [6.45, 7) is 4.20. The van der Waals surface area contributed by atoms with Crippen LogP contribution in [0.2, 0.25) is 0 Å². The van der Waals surface area contributed by atoms with E-state index in [0.717, 1.165) is 38.5 Å². The van der Waals surface area contributed by atoms with Crippen LogP contribution in [0.3, 0.4) is 0 Å². The molecule has 0 aromatic heterocycles. The van der Waals surface area contributed by atoms with Crippen LogP contribution in [0, 0.1) is 0 Å². The quantitative estimate of drug-likeness (QED) is 0.0631. The first-order valence-corrected chi connectivity index (χ1v) is 16.9. The van der Waals surface area contributed by atoms with Gasteiger partial charge in [-0.15, -0.1) is 0 Å². The van der Waals surface area contributed by atoms with E-state index in [2.05, 4.69) is 55.6 Å². The molecule has 0 heterocycles. The van der Waals surface area contributed by atoms with Crippen LogP contribution < -0.4 is 5.32 Å². The fourth-order valence-electron chi connectivity index (χ4n) is 4.63. The number of nitrogens with one attached hydrogen (secondary N) is 1. The number of unbranched alkanes of at least 4 members (excludes halogenated alkanes) is 16. The monoisotopic (exact) mass is 559 g/mol. The molecule has 0 radical (unpaired) electrons. The number of carbonyl (C=O) groups excluding carboxylic acids is 1. The van der Waals surface area contributed by atoms with E-state index < -0.39 is 12.1 Å². The van der Waals surface area contributed by atoms with E-state index in [-0.39, 0.29) is 12.5 Å². The molecule has 0 aromatic rings. The van der Waals surface area contributed by atoms with Crippen molar-refractivity contribution in [3.8, 4) is 0 Å². The van der Waals surface area contributed by atoms with Crippen LogP contribution in [0.1, 0.15) is 155 Å². The standard InChI is InChI=1S/C36H65NO3/c1-3-5-7-9-11-13-14-15-16-17-18-19-20-21-22-24-26-28-30-32-36(40)37-34(33-38)35(39)31-29-27-25-23-12-10-8-6-4-2/h11-13,15-16,23,29,31,34-35,38-39H,3-10,14,17-22,24-28,30,32-33H2,1-2H3,(H,37,40)/b13-11-,16-15-,23-12+,31-29+. The zero-order chi connectivity index (χ0) is 29.4. The second-order valence-electron chi connectivity index (χ2n) is 11.2. The van der Waals surface area contributed by atoms with E-state index in [9.17, 15) is 15.0 Å². The van der Waals surface area contributed by atoms with Gasteiger partial charge in [-0.2, -0.15) is 0 Å². The first-order valence-electron chi connectivity index (χ1n) is 16.9. The molecule has 0 rings (SSSR count). The molecule has 0 spiro atoms. The maximum Gasteiger partial charge on any atom is 0.220 e. The molecule has 232 valence electrons. The third-order valence-electron chi connectivity index (χ3n) is 7.28. The number of aliphatic hydroxyl groups is 2. The summed E-state index contributed by atoms with van der Waals surface area (Å²) in [4.78, 5) is 12.2. The lowest BCUT2D eigenvalue weighted by atomic mass is 10.1. The van der Waals surface area contributed by atoms with E-state index in [0.29, 0.717) is 6.42 Å². The van der Waals surface area contributed by atoms with Crippen molar-refractivity contribution in [3.63, 3.8) is 0 Å². The average Bonchev–Trinajstić information content (AvgIpc) is 2.96. The first kappa shape index (κ1) is 38.4. The summed E-state index contributed by atoms with van der Waals surface area (Å²) >= 11 is 0. The van der Waals surface area contributed by atoms with E-state index in [4.69, 9.17) is 0 Å². The Bertz CT molecular complexity index is 652. The van der Waals surface area contributed by atoms with Gasteiger partial charge in [0.15, 0.2) is 0 Å². The number of carbonyl (C=O) groups is 1. The van der Waals surface area contributed by atoms with Crippen molar-refractivity contribution in [2.75, 3.05) is 6.61 Å².